The molecule has 0 bridgehead atoms. The molecular weight excluding hydrogens is 118 g/mol. The molecule has 0 spiro atoms. The third-order valence-electron chi connectivity index (χ3n) is 0.316. The van der Waals surface area contributed by atoms with Crippen molar-refractivity contribution in [2.45, 2.75) is 5.12 Å². The lowest BCUT2D eigenvalue weighted by molar-refractivity contribution is 0.553. The molecule has 0 heterocycles. The molecule has 0 atom stereocenters. The zero-order chi connectivity index (χ0) is 6.08. The van der Waals surface area contributed by atoms with Gasteiger partial charge in [0.1, 0.15) is 0 Å². The van der Waals surface area contributed by atoms with Crippen LogP contribution in [0.1, 0.15) is 0 Å². The number of hydrogen-bond donors (Lipinski definition) is 4. The second kappa shape index (κ2) is 1.74. The van der Waals surface area contributed by atoms with Crippen molar-refractivity contribution in [3.05, 3.63) is 0 Å². The van der Waals surface area contributed by atoms with Gasteiger partial charge in [0.2, 0.25) is 5.12 Å². The highest BCUT2D eigenvalue weighted by molar-refractivity contribution is 7.73. The maximum atomic E-state index is 9.68. The molecule has 7 heavy (non-hydrogen) atoms. The lowest BCUT2D eigenvalue weighted by atomic mass is 11.0. The maximum absolute atomic E-state index is 9.68. The highest BCUT2D eigenvalue weighted by Crippen LogP contribution is 1.71. The van der Waals surface area contributed by atoms with Crippen LogP contribution in [0.15, 0.2) is 0 Å². The van der Waals surface area contributed by atoms with E-state index in [9.17, 15) is 8.42 Å². The molecule has 44 valence electrons. The van der Waals surface area contributed by atoms with E-state index in [1.165, 1.54) is 0 Å². The van der Waals surface area contributed by atoms with Gasteiger partial charge in [-0.2, -0.15) is 0 Å². The average Bonchev–Trinajstić information content (AvgIpc) is 1.31. The van der Waals surface area contributed by atoms with Crippen LogP contribution in [0, 0.1) is 0 Å². The summed E-state index contributed by atoms with van der Waals surface area (Å²) < 4.78 is 19.4. The fourth-order valence-electron chi connectivity index (χ4n) is 0. The van der Waals surface area contributed by atoms with Gasteiger partial charge in [-0.25, -0.2) is 8.42 Å². The first-order valence-electron chi connectivity index (χ1n) is 1.45. The first-order chi connectivity index (χ1) is 2.94. The summed E-state index contributed by atoms with van der Waals surface area (Å²) in [7, 11) is -2.91. The van der Waals surface area contributed by atoms with Gasteiger partial charge in [-0.05, 0) is 0 Å². The smallest absolute Gasteiger partial charge is 0.219 e. The van der Waals surface area contributed by atoms with Crippen molar-refractivity contribution in [2.75, 3.05) is 0 Å². The monoisotopic (exact) mass is 125 g/mol. The Labute approximate surface area is 42.4 Å². The van der Waals surface area contributed by atoms with E-state index in [4.69, 9.17) is 0 Å². The van der Waals surface area contributed by atoms with Crippen LogP contribution in [0.3, 0.4) is 0 Å². The quantitative estimate of drug-likeness (QED) is 0.221. The normalized spacial score (nSPS) is 12.6. The summed E-state index contributed by atoms with van der Waals surface area (Å²) in [4.78, 5) is 0. The Hall–Kier alpha value is -0.170. The number of thiol groups is 1. The van der Waals surface area contributed by atoms with Crippen molar-refractivity contribution in [3.8, 4) is 0 Å². The van der Waals surface area contributed by atoms with Gasteiger partial charge in [-0.3, -0.25) is 17.2 Å². The van der Waals surface area contributed by atoms with E-state index in [2.05, 4.69) is 17.2 Å². The van der Waals surface area contributed by atoms with E-state index in [0.29, 0.717) is 0 Å². The fourth-order valence-corrected chi connectivity index (χ4v) is 0. The third kappa shape index (κ3) is 2.52. The van der Waals surface area contributed by atoms with Crippen molar-refractivity contribution in [1.29, 1.82) is 0 Å². The molecule has 6 heteroatoms. The van der Waals surface area contributed by atoms with Crippen molar-refractivity contribution in [3.63, 3.8) is 0 Å². The Morgan fingerprint density at radius 3 is 1.29 bits per heavy atom. The van der Waals surface area contributed by atoms with Gasteiger partial charge in [0.05, 0.1) is 0 Å². The first kappa shape index (κ1) is 6.83. The summed E-state index contributed by atoms with van der Waals surface area (Å²) in [5.74, 6) is 0. The minimum atomic E-state index is -2.91. The molecular formula is CH7N3O2S. The molecule has 6 N–H and O–H groups in total. The van der Waals surface area contributed by atoms with Gasteiger partial charge in [0, 0.05) is 0 Å². The SMILES string of the molecule is NC(N)(N)[SH](=O)=O. The Bertz CT molecular complexity index is 113. The second-order valence-electron chi connectivity index (χ2n) is 1.14. The Kier molecular flexibility index (Phi) is 1.70. The molecule has 0 saturated carbocycles. The molecule has 0 aromatic carbocycles. The van der Waals surface area contributed by atoms with E-state index in [0.717, 1.165) is 0 Å². The van der Waals surface area contributed by atoms with Crippen LogP contribution >= 0.6 is 0 Å². The Morgan fingerprint density at radius 1 is 1.14 bits per heavy atom. The van der Waals surface area contributed by atoms with Crippen LogP contribution in [0.5, 0.6) is 0 Å². The van der Waals surface area contributed by atoms with Gasteiger partial charge in [0.25, 0.3) is 0 Å². The lowest BCUT2D eigenvalue weighted by Crippen LogP contribution is -2.58. The predicted molar refractivity (Wildman–Crippen MR) is 25.6 cm³/mol. The molecule has 0 rings (SSSR count). The molecule has 0 aliphatic rings. The number of rotatable bonds is 1. The van der Waals surface area contributed by atoms with Crippen LogP contribution < -0.4 is 17.2 Å². The molecule has 0 radical (unpaired) electrons. The van der Waals surface area contributed by atoms with E-state index in [1.54, 1.807) is 0 Å². The van der Waals surface area contributed by atoms with Gasteiger partial charge < -0.3 is 0 Å². The summed E-state index contributed by atoms with van der Waals surface area (Å²) in [6.07, 6.45) is 0. The molecule has 5 nitrogen and oxygen atoms in total. The standard InChI is InChI=1S/CH7N3O2S/c2-1(3,4)7(5)6/h7H,2-4H2. The van der Waals surface area contributed by atoms with Gasteiger partial charge >= 0.3 is 0 Å². The van der Waals surface area contributed by atoms with Crippen molar-refractivity contribution in [2.24, 2.45) is 17.2 Å². The third-order valence-corrected chi connectivity index (χ3v) is 0.949. The highest BCUT2D eigenvalue weighted by atomic mass is 32.2. The van der Waals surface area contributed by atoms with Crippen molar-refractivity contribution < 1.29 is 8.42 Å². The summed E-state index contributed by atoms with van der Waals surface area (Å²) in [6.45, 7) is 0. The number of nitrogens with two attached hydrogens (primary N) is 3. The molecule has 0 aliphatic heterocycles. The Morgan fingerprint density at radius 2 is 1.29 bits per heavy atom. The van der Waals surface area contributed by atoms with Crippen LogP contribution in [0.2, 0.25) is 0 Å². The summed E-state index contributed by atoms with van der Waals surface area (Å²) in [5, 5.41) is -2.05. The molecule has 0 unspecified atom stereocenters. The van der Waals surface area contributed by atoms with E-state index in [-0.39, 0.29) is 0 Å². The second-order valence-corrected chi connectivity index (χ2v) is 2.43. The molecule has 0 saturated heterocycles. The molecule has 0 aromatic heterocycles. The molecule has 0 fully saturated rings. The maximum Gasteiger partial charge on any atom is 0.219 e. The fraction of sp³-hybridized carbons (Fsp3) is 1.00. The van der Waals surface area contributed by atoms with Crippen LogP contribution in [-0.4, -0.2) is 13.5 Å². The predicted octanol–water partition coefficient (Wildman–Crippen LogP) is -2.91. The van der Waals surface area contributed by atoms with Crippen molar-refractivity contribution in [1.82, 2.24) is 0 Å². The summed E-state index contributed by atoms with van der Waals surface area (Å²) >= 11 is 0. The number of hydrogen-bond acceptors (Lipinski definition) is 5. The largest absolute Gasteiger partial charge is 0.288 e. The van der Waals surface area contributed by atoms with Crippen LogP contribution in [0.25, 0.3) is 0 Å². The van der Waals surface area contributed by atoms with Crippen LogP contribution in [-0.2, 0) is 10.7 Å². The highest BCUT2D eigenvalue weighted by Gasteiger charge is 2.13. The van der Waals surface area contributed by atoms with Gasteiger partial charge in [0.15, 0.2) is 10.7 Å². The molecule has 0 amide bonds. The summed E-state index contributed by atoms with van der Waals surface area (Å²) in [6, 6.07) is 0. The Balaban J connectivity index is 4.08. The molecule has 0 aliphatic carbocycles. The lowest BCUT2D eigenvalue weighted by Gasteiger charge is -2.06. The zero-order valence-electron chi connectivity index (χ0n) is 3.50. The topological polar surface area (TPSA) is 112 Å². The van der Waals surface area contributed by atoms with Gasteiger partial charge in [-0.1, -0.05) is 0 Å². The van der Waals surface area contributed by atoms with Crippen LogP contribution in [0.4, 0.5) is 0 Å². The van der Waals surface area contributed by atoms with Crippen molar-refractivity contribution >= 4 is 10.7 Å². The first-order valence-corrected chi connectivity index (χ1v) is 2.63. The van der Waals surface area contributed by atoms with E-state index in [1.807, 2.05) is 0 Å². The average molecular weight is 125 g/mol. The molecule has 0 aromatic rings. The minimum Gasteiger partial charge on any atom is -0.288 e. The summed E-state index contributed by atoms with van der Waals surface area (Å²) in [5.41, 5.74) is 13.9. The van der Waals surface area contributed by atoms with E-state index >= 15 is 0 Å². The minimum absolute atomic E-state index is 2.05. The van der Waals surface area contributed by atoms with Gasteiger partial charge in [-0.15, -0.1) is 0 Å². The zero-order valence-corrected chi connectivity index (χ0v) is 4.39. The van der Waals surface area contributed by atoms with E-state index < -0.39 is 15.8 Å².